The standard InChI is InChI=1S/C17H17F2NO2S/c18-13-4-3-10(8-14(13)19)11-9-12(11)17(22)20-15(5-6-21)16-2-1-7-23-16/h1-4,7-8,11-12,15,21H,5-6,9H2,(H,20,22)/t11-,12+,15+/m0/s1. The van der Waals surface area contributed by atoms with E-state index in [1.807, 2.05) is 17.5 Å². The molecule has 0 spiro atoms. The normalized spacial score (nSPS) is 21.0. The third kappa shape index (κ3) is 3.59. The van der Waals surface area contributed by atoms with Crippen LogP contribution in [0.15, 0.2) is 35.7 Å². The lowest BCUT2D eigenvalue weighted by Crippen LogP contribution is -2.30. The predicted molar refractivity (Wildman–Crippen MR) is 84.1 cm³/mol. The largest absolute Gasteiger partial charge is 0.396 e. The van der Waals surface area contributed by atoms with Crippen LogP contribution in [0.25, 0.3) is 0 Å². The van der Waals surface area contributed by atoms with E-state index in [1.165, 1.54) is 17.4 Å². The van der Waals surface area contributed by atoms with Gasteiger partial charge in [0.25, 0.3) is 0 Å². The SMILES string of the molecule is O=C(N[C@H](CCO)c1cccs1)[C@@H]1C[C@H]1c1ccc(F)c(F)c1. The van der Waals surface area contributed by atoms with E-state index in [4.69, 9.17) is 5.11 Å². The molecule has 1 amide bonds. The predicted octanol–water partition coefficient (Wildman–Crippen LogP) is 3.37. The molecule has 1 aliphatic carbocycles. The molecule has 1 fully saturated rings. The summed E-state index contributed by atoms with van der Waals surface area (Å²) in [5.74, 6) is -2.16. The van der Waals surface area contributed by atoms with E-state index < -0.39 is 11.6 Å². The first-order chi connectivity index (χ1) is 11.1. The van der Waals surface area contributed by atoms with Crippen LogP contribution in [0.5, 0.6) is 0 Å². The number of thiophene rings is 1. The molecule has 0 radical (unpaired) electrons. The minimum atomic E-state index is -0.884. The van der Waals surface area contributed by atoms with Gasteiger partial charge in [-0.15, -0.1) is 11.3 Å². The highest BCUT2D eigenvalue weighted by Gasteiger charge is 2.44. The maximum Gasteiger partial charge on any atom is 0.224 e. The maximum atomic E-state index is 13.3. The summed E-state index contributed by atoms with van der Waals surface area (Å²) in [4.78, 5) is 13.4. The van der Waals surface area contributed by atoms with Gasteiger partial charge in [-0.3, -0.25) is 4.79 Å². The van der Waals surface area contributed by atoms with Crippen molar-refractivity contribution in [3.05, 3.63) is 57.8 Å². The Morgan fingerprint density at radius 3 is 2.83 bits per heavy atom. The van der Waals surface area contributed by atoms with Crippen LogP contribution >= 0.6 is 11.3 Å². The van der Waals surface area contributed by atoms with Gasteiger partial charge in [0.1, 0.15) is 0 Å². The molecule has 3 atom stereocenters. The molecule has 0 bridgehead atoms. The summed E-state index contributed by atoms with van der Waals surface area (Å²) >= 11 is 1.53. The lowest BCUT2D eigenvalue weighted by Gasteiger charge is -2.16. The van der Waals surface area contributed by atoms with Crippen LogP contribution in [-0.4, -0.2) is 17.6 Å². The molecule has 3 nitrogen and oxygen atoms in total. The fraction of sp³-hybridized carbons (Fsp3) is 0.353. The number of amides is 1. The Morgan fingerprint density at radius 1 is 1.35 bits per heavy atom. The van der Waals surface area contributed by atoms with E-state index >= 15 is 0 Å². The van der Waals surface area contributed by atoms with E-state index in [0.717, 1.165) is 17.0 Å². The van der Waals surface area contributed by atoms with Crippen LogP contribution in [0.1, 0.15) is 35.2 Å². The molecule has 6 heteroatoms. The zero-order valence-electron chi connectivity index (χ0n) is 12.3. The van der Waals surface area contributed by atoms with Crippen LogP contribution in [0.4, 0.5) is 8.78 Å². The lowest BCUT2D eigenvalue weighted by molar-refractivity contribution is -0.123. The van der Waals surface area contributed by atoms with Gasteiger partial charge in [-0.05, 0) is 47.9 Å². The van der Waals surface area contributed by atoms with Gasteiger partial charge >= 0.3 is 0 Å². The van der Waals surface area contributed by atoms with E-state index in [9.17, 15) is 13.6 Å². The highest BCUT2D eigenvalue weighted by Crippen LogP contribution is 2.48. The fourth-order valence-corrected chi connectivity index (χ4v) is 3.59. The number of nitrogens with one attached hydrogen (secondary N) is 1. The molecule has 0 unspecified atom stereocenters. The average Bonchev–Trinajstić information content (AvgIpc) is 3.15. The first kappa shape index (κ1) is 16.1. The Morgan fingerprint density at radius 2 is 2.17 bits per heavy atom. The smallest absolute Gasteiger partial charge is 0.224 e. The van der Waals surface area contributed by atoms with Gasteiger partial charge in [-0.2, -0.15) is 0 Å². The summed E-state index contributed by atoms with van der Waals surface area (Å²) in [5, 5.41) is 14.0. The molecule has 1 aromatic heterocycles. The number of aliphatic hydroxyl groups is 1. The van der Waals surface area contributed by atoms with Gasteiger partial charge in [0.2, 0.25) is 5.91 Å². The topological polar surface area (TPSA) is 49.3 Å². The first-order valence-electron chi connectivity index (χ1n) is 7.49. The number of benzene rings is 1. The van der Waals surface area contributed by atoms with Crippen LogP contribution < -0.4 is 5.32 Å². The maximum absolute atomic E-state index is 13.3. The molecule has 0 saturated heterocycles. The second kappa shape index (κ2) is 6.76. The van der Waals surface area contributed by atoms with E-state index in [0.29, 0.717) is 18.4 Å². The Kier molecular flexibility index (Phi) is 4.73. The van der Waals surface area contributed by atoms with Crippen LogP contribution in [0.2, 0.25) is 0 Å². The molecule has 0 aliphatic heterocycles. The van der Waals surface area contributed by atoms with Crippen LogP contribution in [0, 0.1) is 17.6 Å². The molecule has 2 aromatic rings. The highest BCUT2D eigenvalue weighted by atomic mass is 32.1. The summed E-state index contributed by atoms with van der Waals surface area (Å²) in [5.41, 5.74) is 0.652. The van der Waals surface area contributed by atoms with Crippen LogP contribution in [-0.2, 0) is 4.79 Å². The zero-order chi connectivity index (χ0) is 16.4. The number of hydrogen-bond acceptors (Lipinski definition) is 3. The summed E-state index contributed by atoms with van der Waals surface area (Å²) in [6, 6.07) is 7.40. The van der Waals surface area contributed by atoms with Gasteiger partial charge < -0.3 is 10.4 Å². The fourth-order valence-electron chi connectivity index (χ4n) is 2.78. The van der Waals surface area contributed by atoms with Gasteiger partial charge in [0, 0.05) is 17.4 Å². The van der Waals surface area contributed by atoms with Crippen molar-refractivity contribution in [2.45, 2.75) is 24.8 Å². The third-order valence-electron chi connectivity index (χ3n) is 4.12. The van der Waals surface area contributed by atoms with Crippen molar-refractivity contribution in [1.82, 2.24) is 5.32 Å². The molecular formula is C17H17F2NO2S. The number of carbonyl (C=O) groups excluding carboxylic acids is 1. The molecule has 1 aliphatic rings. The Labute approximate surface area is 137 Å². The molecule has 122 valence electrons. The molecule has 3 rings (SSSR count). The Balaban J connectivity index is 1.64. The Hall–Kier alpha value is -1.79. The highest BCUT2D eigenvalue weighted by molar-refractivity contribution is 7.10. The number of rotatable bonds is 6. The lowest BCUT2D eigenvalue weighted by atomic mass is 10.1. The van der Waals surface area contributed by atoms with E-state index in [-0.39, 0.29) is 30.4 Å². The molecule has 1 saturated carbocycles. The number of hydrogen-bond donors (Lipinski definition) is 2. The summed E-state index contributed by atoms with van der Waals surface area (Å²) < 4.78 is 26.3. The number of aliphatic hydroxyl groups excluding tert-OH is 1. The zero-order valence-corrected chi connectivity index (χ0v) is 13.2. The molecule has 1 aromatic carbocycles. The van der Waals surface area contributed by atoms with Gasteiger partial charge in [0.05, 0.1) is 6.04 Å². The van der Waals surface area contributed by atoms with Crippen molar-refractivity contribution in [2.75, 3.05) is 6.61 Å². The van der Waals surface area contributed by atoms with Gasteiger partial charge in [0.15, 0.2) is 11.6 Å². The van der Waals surface area contributed by atoms with Crippen molar-refractivity contribution in [3.63, 3.8) is 0 Å². The van der Waals surface area contributed by atoms with Crippen molar-refractivity contribution >= 4 is 17.2 Å². The Bertz CT molecular complexity index is 690. The summed E-state index contributed by atoms with van der Waals surface area (Å²) in [7, 11) is 0. The molecular weight excluding hydrogens is 320 g/mol. The van der Waals surface area contributed by atoms with Gasteiger partial charge in [-0.1, -0.05) is 12.1 Å². The number of halogens is 2. The number of carbonyl (C=O) groups is 1. The second-order valence-electron chi connectivity index (χ2n) is 5.71. The average molecular weight is 337 g/mol. The van der Waals surface area contributed by atoms with Crippen molar-refractivity contribution in [2.24, 2.45) is 5.92 Å². The third-order valence-corrected chi connectivity index (χ3v) is 5.11. The second-order valence-corrected chi connectivity index (χ2v) is 6.69. The van der Waals surface area contributed by atoms with Crippen molar-refractivity contribution in [1.29, 1.82) is 0 Å². The van der Waals surface area contributed by atoms with Crippen LogP contribution in [0.3, 0.4) is 0 Å². The molecule has 23 heavy (non-hydrogen) atoms. The summed E-state index contributed by atoms with van der Waals surface area (Å²) in [6.45, 7) is -0.0138. The minimum Gasteiger partial charge on any atom is -0.396 e. The first-order valence-corrected chi connectivity index (χ1v) is 8.37. The van der Waals surface area contributed by atoms with E-state index in [1.54, 1.807) is 0 Å². The minimum absolute atomic E-state index is 0.0138. The van der Waals surface area contributed by atoms with Gasteiger partial charge in [-0.25, -0.2) is 8.78 Å². The molecule has 2 N–H and O–H groups in total. The quantitative estimate of drug-likeness (QED) is 0.849. The van der Waals surface area contributed by atoms with Crippen molar-refractivity contribution < 1.29 is 18.7 Å². The monoisotopic (exact) mass is 337 g/mol. The summed E-state index contributed by atoms with van der Waals surface area (Å²) in [6.07, 6.45) is 1.09. The van der Waals surface area contributed by atoms with E-state index in [2.05, 4.69) is 5.32 Å². The van der Waals surface area contributed by atoms with Crippen molar-refractivity contribution in [3.8, 4) is 0 Å². The molecule has 1 heterocycles.